The first-order chi connectivity index (χ1) is 20.8. The molecule has 0 saturated carbocycles. The number of para-hydroxylation sites is 1. The first-order valence-corrected chi connectivity index (χ1v) is 15.2. The Morgan fingerprint density at radius 1 is 1.07 bits per heavy atom. The van der Waals surface area contributed by atoms with Crippen molar-refractivity contribution in [3.63, 3.8) is 0 Å². The number of nitrogens with zero attached hydrogens (tertiary/aromatic N) is 3. The quantitative estimate of drug-likeness (QED) is 0.203. The number of esters is 1. The van der Waals surface area contributed by atoms with Crippen LogP contribution in [0.4, 0.5) is 0 Å². The van der Waals surface area contributed by atoms with Gasteiger partial charge in [0.05, 0.1) is 45.6 Å². The van der Waals surface area contributed by atoms with Crippen molar-refractivity contribution in [3.8, 4) is 5.75 Å². The molecule has 6 rings (SSSR count). The molecule has 1 aliphatic rings. The van der Waals surface area contributed by atoms with E-state index < -0.39 is 12.0 Å². The molecule has 0 spiro atoms. The molecular formula is C33H27Cl2N3O4S. The molecule has 1 aliphatic heterocycles. The van der Waals surface area contributed by atoms with Crippen molar-refractivity contribution in [2.75, 3.05) is 13.7 Å². The first-order valence-electron chi connectivity index (χ1n) is 13.6. The Balaban J connectivity index is 1.51. The van der Waals surface area contributed by atoms with Crippen LogP contribution >= 0.6 is 34.5 Å². The lowest BCUT2D eigenvalue weighted by Crippen LogP contribution is -2.39. The highest BCUT2D eigenvalue weighted by Crippen LogP contribution is 2.32. The molecule has 10 heteroatoms. The molecule has 0 unspecified atom stereocenters. The number of halogens is 2. The van der Waals surface area contributed by atoms with Gasteiger partial charge in [0.25, 0.3) is 5.56 Å². The number of ether oxygens (including phenoxy) is 2. The molecule has 0 N–H and O–H groups in total. The van der Waals surface area contributed by atoms with Gasteiger partial charge in [-0.3, -0.25) is 9.36 Å². The largest absolute Gasteiger partial charge is 0.497 e. The van der Waals surface area contributed by atoms with Crippen molar-refractivity contribution >= 4 is 57.5 Å². The summed E-state index contributed by atoms with van der Waals surface area (Å²) in [4.78, 5) is 32.5. The van der Waals surface area contributed by atoms with Crippen molar-refractivity contribution in [2.45, 2.75) is 26.4 Å². The van der Waals surface area contributed by atoms with Gasteiger partial charge in [-0.25, -0.2) is 9.79 Å². The summed E-state index contributed by atoms with van der Waals surface area (Å²) < 4.78 is 15.1. The Kier molecular flexibility index (Phi) is 8.01. The van der Waals surface area contributed by atoms with Crippen LogP contribution in [0.2, 0.25) is 10.0 Å². The van der Waals surface area contributed by atoms with E-state index in [1.165, 1.54) is 11.3 Å². The number of carbonyl (C=O) groups excluding carboxylic acids is 1. The van der Waals surface area contributed by atoms with E-state index in [1.807, 2.05) is 72.9 Å². The molecule has 2 aromatic heterocycles. The molecule has 5 aromatic rings. The second-order valence-electron chi connectivity index (χ2n) is 10.1. The topological polar surface area (TPSA) is 74.8 Å². The maximum Gasteiger partial charge on any atom is 0.338 e. The van der Waals surface area contributed by atoms with Gasteiger partial charge in [0.1, 0.15) is 5.75 Å². The van der Waals surface area contributed by atoms with Crippen molar-refractivity contribution in [3.05, 3.63) is 131 Å². The minimum Gasteiger partial charge on any atom is -0.497 e. The fraction of sp³-hybridized carbons (Fsp3) is 0.182. The van der Waals surface area contributed by atoms with Crippen molar-refractivity contribution in [2.24, 2.45) is 4.99 Å². The van der Waals surface area contributed by atoms with E-state index in [0.29, 0.717) is 42.9 Å². The van der Waals surface area contributed by atoms with Crippen molar-refractivity contribution in [1.82, 2.24) is 9.13 Å². The third kappa shape index (κ3) is 5.42. The predicted octanol–water partition coefficient (Wildman–Crippen LogP) is 6.12. The van der Waals surface area contributed by atoms with Crippen LogP contribution in [0.1, 0.15) is 36.6 Å². The van der Waals surface area contributed by atoms with E-state index in [9.17, 15) is 9.59 Å². The summed E-state index contributed by atoms with van der Waals surface area (Å²) in [6.07, 6.45) is 3.92. The summed E-state index contributed by atoms with van der Waals surface area (Å²) >= 11 is 13.7. The standard InChI is InChI=1S/C33H27Cl2N3O4S/c1-4-42-32(40)29-19(2)36-33-38(30(29)21-8-7-9-23(15-21)41-3)31(39)28(43-33)16-22-18-37(27-11-6-5-10-24(22)27)17-20-12-13-25(34)26(35)14-20/h5-16,18,30H,4,17H2,1-3H3/b28-16+/t30-/m1/s1. The van der Waals surface area contributed by atoms with Gasteiger partial charge < -0.3 is 14.0 Å². The van der Waals surface area contributed by atoms with E-state index in [4.69, 9.17) is 37.7 Å². The molecule has 7 nitrogen and oxygen atoms in total. The zero-order valence-electron chi connectivity index (χ0n) is 23.6. The Labute approximate surface area is 261 Å². The summed E-state index contributed by atoms with van der Waals surface area (Å²) in [6, 6.07) is 20.3. The summed E-state index contributed by atoms with van der Waals surface area (Å²) in [5.41, 5.74) is 4.23. The zero-order valence-corrected chi connectivity index (χ0v) is 26.0. The fourth-order valence-electron chi connectivity index (χ4n) is 5.42. The molecule has 43 heavy (non-hydrogen) atoms. The van der Waals surface area contributed by atoms with Crippen LogP contribution in [0.25, 0.3) is 17.0 Å². The predicted molar refractivity (Wildman–Crippen MR) is 171 cm³/mol. The SMILES string of the molecule is CCOC(=O)C1=C(C)N=c2s/c(=C/c3cn(Cc4ccc(Cl)c(Cl)c4)c4ccccc34)c(=O)n2[C@@H]1c1cccc(OC)c1. The minimum atomic E-state index is -0.719. The Hall–Kier alpha value is -4.11. The number of allylic oxidation sites excluding steroid dienone is 1. The zero-order chi connectivity index (χ0) is 30.2. The number of methoxy groups -OCH3 is 1. The van der Waals surface area contributed by atoms with Crippen LogP contribution in [-0.2, 0) is 16.1 Å². The van der Waals surface area contributed by atoms with Crippen LogP contribution < -0.4 is 19.6 Å². The summed E-state index contributed by atoms with van der Waals surface area (Å²) in [5, 5.41) is 2.01. The monoisotopic (exact) mass is 631 g/mol. The van der Waals surface area contributed by atoms with Gasteiger partial charge in [-0.05, 0) is 61.4 Å². The van der Waals surface area contributed by atoms with Crippen LogP contribution in [-0.4, -0.2) is 28.8 Å². The molecule has 0 amide bonds. The summed E-state index contributed by atoms with van der Waals surface area (Å²) in [5.74, 6) is 0.114. The molecule has 0 fully saturated rings. The second kappa shape index (κ2) is 11.9. The van der Waals surface area contributed by atoms with Gasteiger partial charge in [0.2, 0.25) is 0 Å². The fourth-order valence-corrected chi connectivity index (χ4v) is 6.77. The summed E-state index contributed by atoms with van der Waals surface area (Å²) in [6.45, 7) is 4.30. The highest BCUT2D eigenvalue weighted by atomic mass is 35.5. The maximum atomic E-state index is 14.1. The van der Waals surface area contributed by atoms with E-state index in [1.54, 1.807) is 31.6 Å². The summed E-state index contributed by atoms with van der Waals surface area (Å²) in [7, 11) is 1.58. The Morgan fingerprint density at radius 2 is 1.88 bits per heavy atom. The van der Waals surface area contributed by atoms with Crippen molar-refractivity contribution in [1.29, 1.82) is 0 Å². The lowest BCUT2D eigenvalue weighted by Gasteiger charge is -2.25. The highest BCUT2D eigenvalue weighted by Gasteiger charge is 2.33. The average molecular weight is 633 g/mol. The molecule has 218 valence electrons. The number of thiazole rings is 1. The van der Waals surface area contributed by atoms with Gasteiger partial charge in [-0.2, -0.15) is 0 Å². The smallest absolute Gasteiger partial charge is 0.338 e. The molecule has 0 bridgehead atoms. The third-order valence-corrected chi connectivity index (χ3v) is 9.09. The van der Waals surface area contributed by atoms with Crippen molar-refractivity contribution < 1.29 is 14.3 Å². The molecule has 0 aliphatic carbocycles. The van der Waals surface area contributed by atoms with Gasteiger partial charge >= 0.3 is 5.97 Å². The average Bonchev–Trinajstić information content (AvgIpc) is 3.50. The number of carbonyl (C=O) groups is 1. The molecule has 3 heterocycles. The van der Waals surface area contributed by atoms with Gasteiger partial charge in [0.15, 0.2) is 4.80 Å². The Morgan fingerprint density at radius 3 is 2.65 bits per heavy atom. The third-order valence-electron chi connectivity index (χ3n) is 7.37. The van der Waals surface area contributed by atoms with Gasteiger partial charge in [-0.15, -0.1) is 0 Å². The molecule has 3 aromatic carbocycles. The molecule has 0 saturated heterocycles. The van der Waals surface area contributed by atoms with Crippen LogP contribution in [0.15, 0.2) is 94.0 Å². The second-order valence-corrected chi connectivity index (χ2v) is 11.9. The lowest BCUT2D eigenvalue weighted by atomic mass is 9.95. The van der Waals surface area contributed by atoms with Crippen LogP contribution in [0, 0.1) is 0 Å². The number of hydrogen-bond acceptors (Lipinski definition) is 6. The van der Waals surface area contributed by atoms with E-state index >= 15 is 0 Å². The Bertz CT molecular complexity index is 2110. The first kappa shape index (κ1) is 29.0. The van der Waals surface area contributed by atoms with Crippen LogP contribution in [0.3, 0.4) is 0 Å². The number of hydrogen-bond donors (Lipinski definition) is 0. The van der Waals surface area contributed by atoms with E-state index in [2.05, 4.69) is 4.57 Å². The van der Waals surface area contributed by atoms with E-state index in [-0.39, 0.29) is 12.2 Å². The van der Waals surface area contributed by atoms with Crippen LogP contribution in [0.5, 0.6) is 5.75 Å². The number of aromatic nitrogens is 2. The lowest BCUT2D eigenvalue weighted by molar-refractivity contribution is -0.139. The highest BCUT2D eigenvalue weighted by molar-refractivity contribution is 7.07. The maximum absolute atomic E-state index is 14.1. The number of rotatable bonds is 7. The number of benzene rings is 3. The van der Waals surface area contributed by atoms with Gasteiger partial charge in [0, 0.05) is 29.2 Å². The molecule has 1 atom stereocenters. The van der Waals surface area contributed by atoms with E-state index in [0.717, 1.165) is 27.6 Å². The number of fused-ring (bicyclic) bond motifs is 2. The normalized spacial score (nSPS) is 15.0. The molecule has 0 radical (unpaired) electrons. The molecular weight excluding hydrogens is 605 g/mol. The minimum absolute atomic E-state index is 0.206. The van der Waals surface area contributed by atoms with Gasteiger partial charge in [-0.1, -0.05) is 70.9 Å².